The van der Waals surface area contributed by atoms with Crippen LogP contribution in [0.2, 0.25) is 5.02 Å². The minimum absolute atomic E-state index is 0. The molecule has 126 valence electrons. The van der Waals surface area contributed by atoms with Gasteiger partial charge in [0.1, 0.15) is 17.8 Å². The fourth-order valence-corrected chi connectivity index (χ4v) is 2.00. The number of halogens is 2. The van der Waals surface area contributed by atoms with Crippen molar-refractivity contribution < 1.29 is 13.9 Å². The largest absolute Gasteiger partial charge is 0.492 e. The summed E-state index contributed by atoms with van der Waals surface area (Å²) in [6, 6.07) is 6.74. The van der Waals surface area contributed by atoms with Crippen LogP contribution in [0, 0.1) is 5.92 Å². The van der Waals surface area contributed by atoms with Gasteiger partial charge in [0.15, 0.2) is 0 Å². The average Bonchev–Trinajstić information content (AvgIpc) is 2.95. The molecule has 0 radical (unpaired) electrons. The summed E-state index contributed by atoms with van der Waals surface area (Å²) >= 11 is 6.16. The first-order chi connectivity index (χ1) is 10.5. The van der Waals surface area contributed by atoms with Crippen molar-refractivity contribution in [3.8, 4) is 5.75 Å². The highest BCUT2D eigenvalue weighted by Gasteiger charge is 2.11. The molecule has 0 saturated carbocycles. The van der Waals surface area contributed by atoms with Crippen LogP contribution in [0.15, 0.2) is 34.9 Å². The van der Waals surface area contributed by atoms with E-state index < -0.39 is 0 Å². The van der Waals surface area contributed by atoms with Crippen LogP contribution in [0.4, 0.5) is 5.69 Å². The van der Waals surface area contributed by atoms with Crippen molar-refractivity contribution in [2.75, 3.05) is 11.9 Å². The molecule has 0 aliphatic heterocycles. The summed E-state index contributed by atoms with van der Waals surface area (Å²) in [7, 11) is 0. The molecule has 5 nitrogen and oxygen atoms in total. The Kier molecular flexibility index (Phi) is 7.42. The number of furan rings is 1. The van der Waals surface area contributed by atoms with Gasteiger partial charge in [-0.25, -0.2) is 0 Å². The number of amides is 1. The zero-order valence-corrected chi connectivity index (χ0v) is 14.5. The van der Waals surface area contributed by atoms with Gasteiger partial charge in [0, 0.05) is 5.69 Å². The van der Waals surface area contributed by atoms with Gasteiger partial charge in [-0.1, -0.05) is 25.4 Å². The van der Waals surface area contributed by atoms with Crippen molar-refractivity contribution in [3.63, 3.8) is 0 Å². The van der Waals surface area contributed by atoms with E-state index in [1.54, 1.807) is 24.3 Å². The molecule has 1 aromatic carbocycles. The number of hydrogen-bond donors (Lipinski definition) is 2. The van der Waals surface area contributed by atoms with E-state index >= 15 is 0 Å². The van der Waals surface area contributed by atoms with E-state index in [1.165, 1.54) is 6.26 Å². The van der Waals surface area contributed by atoms with Crippen molar-refractivity contribution in [1.82, 2.24) is 0 Å². The molecule has 1 amide bonds. The molecular weight excluding hydrogens is 339 g/mol. The normalized spacial score (nSPS) is 10.3. The number of carbonyl (C=O) groups is 1. The lowest BCUT2D eigenvalue weighted by atomic mass is 10.2. The van der Waals surface area contributed by atoms with E-state index in [1.807, 2.05) is 0 Å². The van der Waals surface area contributed by atoms with Gasteiger partial charge in [-0.05, 0) is 30.2 Å². The molecule has 23 heavy (non-hydrogen) atoms. The van der Waals surface area contributed by atoms with Crippen molar-refractivity contribution in [2.24, 2.45) is 11.7 Å². The summed E-state index contributed by atoms with van der Waals surface area (Å²) in [5.74, 6) is 1.28. The Morgan fingerprint density at radius 1 is 1.39 bits per heavy atom. The Hall–Kier alpha value is -1.69. The quantitative estimate of drug-likeness (QED) is 0.814. The number of ether oxygens (including phenoxy) is 1. The number of carbonyl (C=O) groups excluding carboxylic acids is 1. The summed E-state index contributed by atoms with van der Waals surface area (Å²) in [4.78, 5) is 12.1. The maximum Gasteiger partial charge on any atom is 0.258 e. The van der Waals surface area contributed by atoms with Gasteiger partial charge < -0.3 is 20.2 Å². The third-order valence-corrected chi connectivity index (χ3v) is 3.17. The molecule has 2 rings (SSSR count). The molecule has 0 fully saturated rings. The van der Waals surface area contributed by atoms with Crippen LogP contribution >= 0.6 is 24.0 Å². The first-order valence-corrected chi connectivity index (χ1v) is 7.38. The topological polar surface area (TPSA) is 77.5 Å². The van der Waals surface area contributed by atoms with Gasteiger partial charge in [0.25, 0.3) is 5.91 Å². The van der Waals surface area contributed by atoms with E-state index in [4.69, 9.17) is 26.5 Å². The summed E-state index contributed by atoms with van der Waals surface area (Å²) in [6.07, 6.45) is 1.37. The fraction of sp³-hybridized carbons (Fsp3) is 0.312. The minimum atomic E-state index is -0.282. The average molecular weight is 359 g/mol. The summed E-state index contributed by atoms with van der Waals surface area (Å²) < 4.78 is 10.7. The smallest absolute Gasteiger partial charge is 0.258 e. The lowest BCUT2D eigenvalue weighted by Crippen LogP contribution is -2.11. The fourth-order valence-electron chi connectivity index (χ4n) is 1.76. The molecule has 0 bridgehead atoms. The molecule has 0 saturated heterocycles. The zero-order chi connectivity index (χ0) is 16.1. The molecule has 0 aliphatic carbocycles. The van der Waals surface area contributed by atoms with Gasteiger partial charge in [-0.2, -0.15) is 0 Å². The Labute approximate surface area is 146 Å². The molecule has 0 unspecified atom stereocenters. The highest BCUT2D eigenvalue weighted by Crippen LogP contribution is 2.28. The van der Waals surface area contributed by atoms with Gasteiger partial charge in [0.05, 0.1) is 23.7 Å². The number of anilines is 1. The van der Waals surface area contributed by atoms with Crippen LogP contribution in [0.1, 0.15) is 30.0 Å². The Morgan fingerprint density at radius 3 is 2.70 bits per heavy atom. The molecule has 1 heterocycles. The van der Waals surface area contributed by atoms with E-state index in [2.05, 4.69) is 19.2 Å². The molecule has 0 atom stereocenters. The Morgan fingerprint density at radius 2 is 2.13 bits per heavy atom. The third-order valence-electron chi connectivity index (χ3n) is 2.88. The van der Waals surface area contributed by atoms with Crippen LogP contribution in [-0.2, 0) is 6.54 Å². The monoisotopic (exact) mass is 358 g/mol. The summed E-state index contributed by atoms with van der Waals surface area (Å²) in [5, 5.41) is 3.20. The van der Waals surface area contributed by atoms with Crippen LogP contribution in [0.5, 0.6) is 5.75 Å². The van der Waals surface area contributed by atoms with Crippen molar-refractivity contribution >= 4 is 35.6 Å². The zero-order valence-electron chi connectivity index (χ0n) is 13.0. The van der Waals surface area contributed by atoms with Gasteiger partial charge in [-0.15, -0.1) is 12.4 Å². The number of nitrogens with two attached hydrogens (primary N) is 1. The number of nitrogens with one attached hydrogen (secondary N) is 1. The minimum Gasteiger partial charge on any atom is -0.492 e. The highest BCUT2D eigenvalue weighted by atomic mass is 35.5. The predicted octanol–water partition coefficient (Wildman–Crippen LogP) is 4.10. The molecule has 0 aliphatic rings. The molecular formula is C16H20Cl2N2O3. The first kappa shape index (κ1) is 19.4. The van der Waals surface area contributed by atoms with E-state index in [9.17, 15) is 4.79 Å². The second-order valence-corrected chi connectivity index (χ2v) is 5.72. The Bertz CT molecular complexity index is 657. The number of hydrogen-bond acceptors (Lipinski definition) is 4. The molecule has 1 aromatic heterocycles. The molecule has 0 spiro atoms. The van der Waals surface area contributed by atoms with Crippen LogP contribution in [0.25, 0.3) is 0 Å². The lowest BCUT2D eigenvalue weighted by Gasteiger charge is -2.11. The Balaban J connectivity index is 0.00000264. The molecule has 2 aromatic rings. The van der Waals surface area contributed by atoms with Gasteiger partial charge in [0.2, 0.25) is 0 Å². The van der Waals surface area contributed by atoms with Crippen molar-refractivity contribution in [3.05, 3.63) is 46.9 Å². The van der Waals surface area contributed by atoms with Crippen molar-refractivity contribution in [1.29, 1.82) is 0 Å². The van der Waals surface area contributed by atoms with Crippen LogP contribution in [0.3, 0.4) is 0 Å². The first-order valence-electron chi connectivity index (χ1n) is 7.00. The standard InChI is InChI=1S/C16H19ClN2O3.ClH/c1-10(2)8-22-15-4-3-12(6-14(15)17)19-16(20)11-5-13(7-18)21-9-11;/h3-6,9-10H,7-8,18H2,1-2H3,(H,19,20);1H. The summed E-state index contributed by atoms with van der Waals surface area (Å²) in [6.45, 7) is 4.95. The lowest BCUT2D eigenvalue weighted by molar-refractivity contribution is 0.102. The van der Waals surface area contributed by atoms with E-state index in [0.29, 0.717) is 40.3 Å². The van der Waals surface area contributed by atoms with E-state index in [0.717, 1.165) is 0 Å². The molecule has 3 N–H and O–H groups in total. The van der Waals surface area contributed by atoms with Gasteiger partial charge in [-0.3, -0.25) is 4.79 Å². The maximum atomic E-state index is 12.1. The molecule has 7 heteroatoms. The number of benzene rings is 1. The summed E-state index contributed by atoms with van der Waals surface area (Å²) in [5.41, 5.74) is 6.44. The highest BCUT2D eigenvalue weighted by molar-refractivity contribution is 6.32. The van der Waals surface area contributed by atoms with Crippen LogP contribution < -0.4 is 15.8 Å². The third kappa shape index (κ3) is 5.46. The maximum absolute atomic E-state index is 12.1. The number of rotatable bonds is 6. The second-order valence-electron chi connectivity index (χ2n) is 5.31. The van der Waals surface area contributed by atoms with Crippen LogP contribution in [-0.4, -0.2) is 12.5 Å². The van der Waals surface area contributed by atoms with Gasteiger partial charge >= 0.3 is 0 Å². The predicted molar refractivity (Wildman–Crippen MR) is 93.6 cm³/mol. The van der Waals surface area contributed by atoms with E-state index in [-0.39, 0.29) is 24.9 Å². The second kappa shape index (κ2) is 8.82. The van der Waals surface area contributed by atoms with Crippen molar-refractivity contribution in [2.45, 2.75) is 20.4 Å². The SMILES string of the molecule is CC(C)COc1ccc(NC(=O)c2coc(CN)c2)cc1Cl.Cl.